The lowest BCUT2D eigenvalue weighted by Crippen LogP contribution is -2.15. The zero-order valence-electron chi connectivity index (χ0n) is 8.20. The standard InChI is InChI=1S/C11H12BrNO2/c12-10-2-1-8(13)5-9(10)11(14)7-3-4-15-6-7/h1-2,5,7H,3-4,6,13H2. The predicted molar refractivity (Wildman–Crippen MR) is 61.8 cm³/mol. The molecule has 1 saturated heterocycles. The Kier molecular flexibility index (Phi) is 3.07. The molecule has 0 spiro atoms. The summed E-state index contributed by atoms with van der Waals surface area (Å²) in [6, 6.07) is 5.29. The number of nitrogen functional groups attached to an aromatic ring is 1. The molecule has 4 heteroatoms. The monoisotopic (exact) mass is 269 g/mol. The predicted octanol–water partition coefficient (Wildman–Crippen LogP) is 2.25. The minimum absolute atomic E-state index is 0.0110. The Hall–Kier alpha value is -0.870. The second-order valence-corrected chi connectivity index (χ2v) is 4.52. The molecule has 0 bridgehead atoms. The van der Waals surface area contributed by atoms with Gasteiger partial charge in [-0.1, -0.05) is 15.9 Å². The summed E-state index contributed by atoms with van der Waals surface area (Å²) in [6.07, 6.45) is 0.806. The quantitative estimate of drug-likeness (QED) is 0.662. The van der Waals surface area contributed by atoms with Crippen LogP contribution in [0.15, 0.2) is 22.7 Å². The van der Waals surface area contributed by atoms with Crippen LogP contribution in [0.2, 0.25) is 0 Å². The number of rotatable bonds is 2. The molecule has 1 aromatic carbocycles. The van der Waals surface area contributed by atoms with Crippen molar-refractivity contribution in [3.05, 3.63) is 28.2 Å². The van der Waals surface area contributed by atoms with E-state index in [1.807, 2.05) is 0 Å². The van der Waals surface area contributed by atoms with Gasteiger partial charge in [-0.15, -0.1) is 0 Å². The van der Waals surface area contributed by atoms with E-state index in [9.17, 15) is 4.79 Å². The van der Waals surface area contributed by atoms with Crippen molar-refractivity contribution in [1.82, 2.24) is 0 Å². The lowest BCUT2D eigenvalue weighted by atomic mass is 9.97. The highest BCUT2D eigenvalue weighted by Crippen LogP contribution is 2.25. The first-order chi connectivity index (χ1) is 7.18. The molecule has 1 aliphatic rings. The maximum atomic E-state index is 12.1. The molecule has 1 atom stereocenters. The van der Waals surface area contributed by atoms with E-state index in [4.69, 9.17) is 10.5 Å². The van der Waals surface area contributed by atoms with Crippen molar-refractivity contribution in [2.75, 3.05) is 18.9 Å². The number of ketones is 1. The summed E-state index contributed by atoms with van der Waals surface area (Å²) in [7, 11) is 0. The molecule has 2 N–H and O–H groups in total. The van der Waals surface area contributed by atoms with Gasteiger partial charge in [-0.25, -0.2) is 0 Å². The highest BCUT2D eigenvalue weighted by Gasteiger charge is 2.25. The van der Waals surface area contributed by atoms with Gasteiger partial charge in [-0.2, -0.15) is 0 Å². The van der Waals surface area contributed by atoms with E-state index in [0.29, 0.717) is 24.5 Å². The largest absolute Gasteiger partial charge is 0.399 e. The fourth-order valence-corrected chi connectivity index (χ4v) is 2.13. The summed E-state index contributed by atoms with van der Waals surface area (Å²) in [5, 5.41) is 0. The fraction of sp³-hybridized carbons (Fsp3) is 0.364. The molecule has 80 valence electrons. The van der Waals surface area contributed by atoms with Crippen LogP contribution in [0, 0.1) is 5.92 Å². The van der Waals surface area contributed by atoms with Crippen LogP contribution in [0.1, 0.15) is 16.8 Å². The molecule has 1 aromatic rings. The number of carbonyl (C=O) groups excluding carboxylic acids is 1. The number of anilines is 1. The maximum Gasteiger partial charge on any atom is 0.169 e. The molecule has 15 heavy (non-hydrogen) atoms. The topological polar surface area (TPSA) is 52.3 Å². The van der Waals surface area contributed by atoms with Gasteiger partial charge in [0, 0.05) is 28.2 Å². The Labute approximate surface area is 96.7 Å². The molecule has 1 fully saturated rings. The molecule has 1 heterocycles. The molecule has 0 aliphatic carbocycles. The molecule has 2 rings (SSSR count). The normalized spacial score (nSPS) is 20.5. The van der Waals surface area contributed by atoms with E-state index in [0.717, 1.165) is 10.9 Å². The Bertz CT molecular complexity index is 386. The number of hydrogen-bond donors (Lipinski definition) is 1. The number of halogens is 1. The number of Topliss-reactive ketones (excluding diaryl/α,β-unsaturated/α-hetero) is 1. The number of nitrogens with two attached hydrogens (primary N) is 1. The Morgan fingerprint density at radius 2 is 2.33 bits per heavy atom. The molecule has 0 saturated carbocycles. The number of hydrogen-bond acceptors (Lipinski definition) is 3. The zero-order chi connectivity index (χ0) is 10.8. The first-order valence-electron chi connectivity index (χ1n) is 4.85. The van der Waals surface area contributed by atoms with Crippen molar-refractivity contribution in [3.63, 3.8) is 0 Å². The molecular formula is C11H12BrNO2. The van der Waals surface area contributed by atoms with E-state index < -0.39 is 0 Å². The van der Waals surface area contributed by atoms with Crippen LogP contribution in [0.5, 0.6) is 0 Å². The molecule has 0 amide bonds. The van der Waals surface area contributed by atoms with E-state index >= 15 is 0 Å². The van der Waals surface area contributed by atoms with Gasteiger partial charge in [0.1, 0.15) is 0 Å². The average Bonchev–Trinajstić information content (AvgIpc) is 2.74. The van der Waals surface area contributed by atoms with Crippen molar-refractivity contribution in [2.24, 2.45) is 5.92 Å². The van der Waals surface area contributed by atoms with E-state index in [1.54, 1.807) is 18.2 Å². The minimum atomic E-state index is -0.0110. The number of carbonyl (C=O) groups is 1. The molecule has 1 aliphatic heterocycles. The lowest BCUT2D eigenvalue weighted by Gasteiger charge is -2.09. The van der Waals surface area contributed by atoms with Crippen molar-refractivity contribution < 1.29 is 9.53 Å². The highest BCUT2D eigenvalue weighted by atomic mass is 79.9. The molecule has 1 unspecified atom stereocenters. The first kappa shape index (κ1) is 10.6. The highest BCUT2D eigenvalue weighted by molar-refractivity contribution is 9.10. The van der Waals surface area contributed by atoms with Crippen LogP contribution < -0.4 is 5.73 Å². The molecule has 0 radical (unpaired) electrons. The Morgan fingerprint density at radius 3 is 3.00 bits per heavy atom. The van der Waals surface area contributed by atoms with Crippen LogP contribution in [-0.2, 0) is 4.74 Å². The summed E-state index contributed by atoms with van der Waals surface area (Å²) < 4.78 is 6.00. The van der Waals surface area contributed by atoms with Gasteiger partial charge >= 0.3 is 0 Å². The third-order valence-electron chi connectivity index (χ3n) is 2.56. The maximum absolute atomic E-state index is 12.1. The first-order valence-corrected chi connectivity index (χ1v) is 5.65. The summed E-state index contributed by atoms with van der Waals surface area (Å²) >= 11 is 3.36. The molecule has 0 aromatic heterocycles. The van der Waals surface area contributed by atoms with Crippen LogP contribution in [-0.4, -0.2) is 19.0 Å². The van der Waals surface area contributed by atoms with Crippen molar-refractivity contribution in [3.8, 4) is 0 Å². The van der Waals surface area contributed by atoms with Crippen LogP contribution >= 0.6 is 15.9 Å². The van der Waals surface area contributed by atoms with Crippen molar-refractivity contribution in [2.45, 2.75) is 6.42 Å². The fourth-order valence-electron chi connectivity index (χ4n) is 1.69. The van der Waals surface area contributed by atoms with Crippen LogP contribution in [0.3, 0.4) is 0 Å². The Morgan fingerprint density at radius 1 is 1.53 bits per heavy atom. The molecule has 3 nitrogen and oxygen atoms in total. The summed E-state index contributed by atoms with van der Waals surface area (Å²) in [6.45, 7) is 1.20. The summed E-state index contributed by atoms with van der Waals surface area (Å²) in [4.78, 5) is 12.1. The third-order valence-corrected chi connectivity index (χ3v) is 3.25. The minimum Gasteiger partial charge on any atom is -0.399 e. The zero-order valence-corrected chi connectivity index (χ0v) is 9.79. The number of ether oxygens (including phenoxy) is 1. The van der Waals surface area contributed by atoms with Gasteiger partial charge in [0.2, 0.25) is 0 Å². The average molecular weight is 270 g/mol. The van der Waals surface area contributed by atoms with Gasteiger partial charge in [0.25, 0.3) is 0 Å². The SMILES string of the molecule is Nc1ccc(Br)c(C(=O)C2CCOC2)c1. The van der Waals surface area contributed by atoms with Crippen LogP contribution in [0.25, 0.3) is 0 Å². The second-order valence-electron chi connectivity index (χ2n) is 3.66. The van der Waals surface area contributed by atoms with Crippen LogP contribution in [0.4, 0.5) is 5.69 Å². The van der Waals surface area contributed by atoms with Crippen molar-refractivity contribution >= 4 is 27.4 Å². The van der Waals surface area contributed by atoms with Gasteiger partial charge in [-0.05, 0) is 24.6 Å². The Balaban J connectivity index is 2.27. The van der Waals surface area contributed by atoms with Gasteiger partial charge < -0.3 is 10.5 Å². The van der Waals surface area contributed by atoms with Gasteiger partial charge in [0.05, 0.1) is 6.61 Å². The van der Waals surface area contributed by atoms with Gasteiger partial charge in [-0.3, -0.25) is 4.79 Å². The van der Waals surface area contributed by atoms with Crippen molar-refractivity contribution in [1.29, 1.82) is 0 Å². The van der Waals surface area contributed by atoms with Gasteiger partial charge in [0.15, 0.2) is 5.78 Å². The lowest BCUT2D eigenvalue weighted by molar-refractivity contribution is 0.0899. The van der Waals surface area contributed by atoms with E-state index in [1.165, 1.54) is 0 Å². The van der Waals surface area contributed by atoms with E-state index in [2.05, 4.69) is 15.9 Å². The second kappa shape index (κ2) is 4.33. The third kappa shape index (κ3) is 2.21. The summed E-state index contributed by atoms with van der Waals surface area (Å²) in [5.74, 6) is 0.106. The smallest absolute Gasteiger partial charge is 0.169 e. The molecular weight excluding hydrogens is 258 g/mol. The van der Waals surface area contributed by atoms with E-state index in [-0.39, 0.29) is 11.7 Å². The summed E-state index contributed by atoms with van der Waals surface area (Å²) in [5.41, 5.74) is 6.93. The number of benzene rings is 1.